The number of ether oxygens (including phenoxy) is 1. The first-order valence-corrected chi connectivity index (χ1v) is 5.05. The van der Waals surface area contributed by atoms with Crippen LogP contribution in [0, 0.1) is 0 Å². The van der Waals surface area contributed by atoms with Crippen LogP contribution in [-0.4, -0.2) is 43.4 Å². The molecule has 0 aromatic carbocycles. The lowest BCUT2D eigenvalue weighted by atomic mass is 10.2. The van der Waals surface area contributed by atoms with E-state index in [1.54, 1.807) is 19.2 Å². The van der Waals surface area contributed by atoms with E-state index >= 15 is 0 Å². The highest BCUT2D eigenvalue weighted by Crippen LogP contribution is 2.16. The fourth-order valence-corrected chi connectivity index (χ4v) is 1.44. The van der Waals surface area contributed by atoms with Crippen LogP contribution in [0.25, 0.3) is 0 Å². The van der Waals surface area contributed by atoms with E-state index in [9.17, 15) is 4.79 Å². The Kier molecular flexibility index (Phi) is 4.72. The van der Waals surface area contributed by atoms with E-state index in [4.69, 9.17) is 9.84 Å². The van der Waals surface area contributed by atoms with Crippen molar-refractivity contribution in [3.63, 3.8) is 0 Å². The lowest BCUT2D eigenvalue weighted by Crippen LogP contribution is -2.22. The number of aromatic nitrogens is 1. The summed E-state index contributed by atoms with van der Waals surface area (Å²) in [5.74, 6) is -1.01. The SMILES string of the molecule is COCCCN(C)c1cccnc1C(=O)O. The first-order chi connectivity index (χ1) is 7.66. The minimum absolute atomic E-state index is 0.0856. The van der Waals surface area contributed by atoms with Gasteiger partial charge in [0.25, 0.3) is 0 Å². The van der Waals surface area contributed by atoms with Gasteiger partial charge in [0, 0.05) is 33.5 Å². The zero-order valence-corrected chi connectivity index (χ0v) is 9.51. The molecule has 0 bridgehead atoms. The predicted octanol–water partition coefficient (Wildman–Crippen LogP) is 1.25. The molecule has 88 valence electrons. The van der Waals surface area contributed by atoms with Crippen LogP contribution in [0.3, 0.4) is 0 Å². The molecule has 0 atom stereocenters. The Morgan fingerprint density at radius 3 is 3.00 bits per heavy atom. The molecular weight excluding hydrogens is 208 g/mol. The molecule has 5 nitrogen and oxygen atoms in total. The molecule has 0 aliphatic heterocycles. The molecule has 0 unspecified atom stereocenters. The van der Waals surface area contributed by atoms with E-state index in [2.05, 4.69) is 4.98 Å². The minimum Gasteiger partial charge on any atom is -0.476 e. The highest BCUT2D eigenvalue weighted by atomic mass is 16.5. The number of aromatic carboxylic acids is 1. The minimum atomic E-state index is -1.01. The largest absolute Gasteiger partial charge is 0.476 e. The summed E-state index contributed by atoms with van der Waals surface area (Å²) < 4.78 is 4.95. The van der Waals surface area contributed by atoms with Crippen molar-refractivity contribution in [3.05, 3.63) is 24.0 Å². The van der Waals surface area contributed by atoms with Gasteiger partial charge in [-0.15, -0.1) is 0 Å². The van der Waals surface area contributed by atoms with E-state index in [0.717, 1.165) is 13.0 Å². The van der Waals surface area contributed by atoms with Crippen LogP contribution in [0.4, 0.5) is 5.69 Å². The third-order valence-electron chi connectivity index (χ3n) is 2.24. The van der Waals surface area contributed by atoms with Crippen molar-refractivity contribution in [1.82, 2.24) is 4.98 Å². The van der Waals surface area contributed by atoms with Crippen molar-refractivity contribution in [2.45, 2.75) is 6.42 Å². The zero-order valence-electron chi connectivity index (χ0n) is 9.51. The summed E-state index contributed by atoms with van der Waals surface area (Å²) in [5.41, 5.74) is 0.716. The smallest absolute Gasteiger partial charge is 0.356 e. The zero-order chi connectivity index (χ0) is 12.0. The van der Waals surface area contributed by atoms with E-state index in [-0.39, 0.29) is 5.69 Å². The molecule has 1 heterocycles. The monoisotopic (exact) mass is 224 g/mol. The van der Waals surface area contributed by atoms with E-state index < -0.39 is 5.97 Å². The van der Waals surface area contributed by atoms with Crippen molar-refractivity contribution in [2.24, 2.45) is 0 Å². The van der Waals surface area contributed by atoms with Crippen LogP contribution in [0.1, 0.15) is 16.9 Å². The van der Waals surface area contributed by atoms with Crippen molar-refractivity contribution in [3.8, 4) is 0 Å². The molecule has 0 saturated heterocycles. The van der Waals surface area contributed by atoms with Gasteiger partial charge < -0.3 is 14.7 Å². The molecule has 5 heteroatoms. The summed E-state index contributed by atoms with van der Waals surface area (Å²) >= 11 is 0. The molecule has 0 aliphatic rings. The molecule has 0 amide bonds. The molecule has 1 aromatic heterocycles. The van der Waals surface area contributed by atoms with Crippen LogP contribution >= 0.6 is 0 Å². The Labute approximate surface area is 94.7 Å². The van der Waals surface area contributed by atoms with Gasteiger partial charge in [-0.05, 0) is 18.6 Å². The molecule has 0 fully saturated rings. The quantitative estimate of drug-likeness (QED) is 0.737. The van der Waals surface area contributed by atoms with E-state index in [1.165, 1.54) is 6.20 Å². The molecule has 0 saturated carbocycles. The number of pyridine rings is 1. The van der Waals surface area contributed by atoms with Gasteiger partial charge >= 0.3 is 5.97 Å². The highest BCUT2D eigenvalue weighted by molar-refractivity contribution is 5.92. The molecule has 16 heavy (non-hydrogen) atoms. The van der Waals surface area contributed by atoms with Gasteiger partial charge in [-0.1, -0.05) is 0 Å². The third kappa shape index (κ3) is 3.20. The Balaban J connectivity index is 2.74. The fourth-order valence-electron chi connectivity index (χ4n) is 1.44. The average molecular weight is 224 g/mol. The second-order valence-corrected chi connectivity index (χ2v) is 3.44. The number of hydrogen-bond acceptors (Lipinski definition) is 4. The maximum atomic E-state index is 10.9. The molecule has 0 radical (unpaired) electrons. The first-order valence-electron chi connectivity index (χ1n) is 5.05. The summed E-state index contributed by atoms with van der Waals surface area (Å²) in [6.07, 6.45) is 2.33. The summed E-state index contributed by atoms with van der Waals surface area (Å²) in [5, 5.41) is 8.97. The first kappa shape index (κ1) is 12.4. The molecule has 1 rings (SSSR count). The van der Waals surface area contributed by atoms with Crippen molar-refractivity contribution >= 4 is 11.7 Å². The maximum absolute atomic E-state index is 10.9. The number of nitrogens with zero attached hydrogens (tertiary/aromatic N) is 2. The van der Waals surface area contributed by atoms with E-state index in [0.29, 0.717) is 12.3 Å². The lowest BCUT2D eigenvalue weighted by molar-refractivity contribution is 0.0691. The van der Waals surface area contributed by atoms with Gasteiger partial charge in [-0.3, -0.25) is 0 Å². The van der Waals surface area contributed by atoms with Gasteiger partial charge in [0.15, 0.2) is 5.69 Å². The van der Waals surface area contributed by atoms with Gasteiger partial charge in [-0.2, -0.15) is 0 Å². The normalized spacial score (nSPS) is 10.1. The third-order valence-corrected chi connectivity index (χ3v) is 2.24. The van der Waals surface area contributed by atoms with Crippen LogP contribution < -0.4 is 4.90 Å². The van der Waals surface area contributed by atoms with Crippen molar-refractivity contribution < 1.29 is 14.6 Å². The number of rotatable bonds is 6. The standard InChI is InChI=1S/C11H16N2O3/c1-13(7-4-8-16-2)9-5-3-6-12-10(9)11(14)15/h3,5-6H,4,7-8H2,1-2H3,(H,14,15). The number of hydrogen-bond donors (Lipinski definition) is 1. The topological polar surface area (TPSA) is 62.7 Å². The van der Waals surface area contributed by atoms with Crippen LogP contribution in [0.5, 0.6) is 0 Å². The molecule has 0 aliphatic carbocycles. The van der Waals surface area contributed by atoms with Gasteiger partial charge in [0.1, 0.15) is 0 Å². The van der Waals surface area contributed by atoms with Gasteiger partial charge in [0.05, 0.1) is 5.69 Å². The second-order valence-electron chi connectivity index (χ2n) is 3.44. The Morgan fingerprint density at radius 2 is 2.38 bits per heavy atom. The predicted molar refractivity (Wildman–Crippen MR) is 61.0 cm³/mol. The molecular formula is C11H16N2O3. The van der Waals surface area contributed by atoms with Gasteiger partial charge in [-0.25, -0.2) is 9.78 Å². The maximum Gasteiger partial charge on any atom is 0.356 e. The number of carboxylic acid groups (broad SMARTS) is 1. The summed E-state index contributed by atoms with van der Waals surface area (Å²) in [6.45, 7) is 1.40. The fraction of sp³-hybridized carbons (Fsp3) is 0.455. The van der Waals surface area contributed by atoms with Crippen LogP contribution in [0.15, 0.2) is 18.3 Å². The summed E-state index contributed by atoms with van der Waals surface area (Å²) in [7, 11) is 3.49. The summed E-state index contributed by atoms with van der Waals surface area (Å²) in [4.78, 5) is 16.7. The van der Waals surface area contributed by atoms with Crippen molar-refractivity contribution in [2.75, 3.05) is 32.2 Å². The van der Waals surface area contributed by atoms with Crippen LogP contribution in [-0.2, 0) is 4.74 Å². The Bertz CT molecular complexity index is 355. The highest BCUT2D eigenvalue weighted by Gasteiger charge is 2.13. The van der Waals surface area contributed by atoms with Gasteiger partial charge in [0.2, 0.25) is 0 Å². The van der Waals surface area contributed by atoms with Crippen LogP contribution in [0.2, 0.25) is 0 Å². The van der Waals surface area contributed by atoms with E-state index in [1.807, 2.05) is 11.9 Å². The number of carbonyl (C=O) groups is 1. The number of carboxylic acids is 1. The number of methoxy groups -OCH3 is 1. The summed E-state index contributed by atoms with van der Waals surface area (Å²) in [6, 6.07) is 3.48. The average Bonchev–Trinajstić information content (AvgIpc) is 2.29. The lowest BCUT2D eigenvalue weighted by Gasteiger charge is -2.20. The Morgan fingerprint density at radius 1 is 1.62 bits per heavy atom. The molecule has 1 N–H and O–H groups in total. The number of anilines is 1. The Hall–Kier alpha value is -1.62. The second kappa shape index (κ2) is 6.07. The molecule has 1 aromatic rings. The molecule has 0 spiro atoms. The van der Waals surface area contributed by atoms with Crippen molar-refractivity contribution in [1.29, 1.82) is 0 Å².